The Hall–Kier alpha value is -3.32. The Morgan fingerprint density at radius 2 is 1.76 bits per heavy atom. The van der Waals surface area contributed by atoms with Crippen LogP contribution in [0.5, 0.6) is 0 Å². The van der Waals surface area contributed by atoms with Gasteiger partial charge in [0.2, 0.25) is 0 Å². The van der Waals surface area contributed by atoms with Crippen LogP contribution in [-0.4, -0.2) is 63.7 Å². The van der Waals surface area contributed by atoms with Crippen molar-refractivity contribution in [3.05, 3.63) is 76.9 Å². The Morgan fingerprint density at radius 1 is 1.03 bits per heavy atom. The van der Waals surface area contributed by atoms with Crippen LogP contribution in [0.25, 0.3) is 11.3 Å². The van der Waals surface area contributed by atoms with E-state index in [2.05, 4.69) is 5.32 Å². The number of likely N-dealkylation sites (tertiary alicyclic amines) is 1. The first-order valence-corrected chi connectivity index (χ1v) is 11.7. The number of amides is 3. The third-order valence-corrected chi connectivity index (χ3v) is 6.63. The number of urea groups is 1. The van der Waals surface area contributed by atoms with E-state index < -0.39 is 0 Å². The third-order valence-electron chi connectivity index (χ3n) is 6.38. The van der Waals surface area contributed by atoms with Crippen molar-refractivity contribution in [2.24, 2.45) is 0 Å². The van der Waals surface area contributed by atoms with Crippen molar-refractivity contribution in [3.63, 3.8) is 0 Å². The number of hydrogen-bond donors (Lipinski definition) is 1. The van der Waals surface area contributed by atoms with E-state index in [1.54, 1.807) is 0 Å². The van der Waals surface area contributed by atoms with E-state index in [4.69, 9.17) is 16.7 Å². The molecule has 2 aliphatic heterocycles. The normalized spacial score (nSPS) is 16.8. The monoisotopic (exact) mass is 463 g/mol. The lowest BCUT2D eigenvalue weighted by Crippen LogP contribution is -2.47. The molecule has 1 N–H and O–H groups in total. The SMILES string of the molecule is O=C(c1cn(Cc2ccccc2)nc1-c1ccc(Cl)cc1)N1CCC(N2CCNC2=O)CC1. The molecule has 2 aliphatic rings. The van der Waals surface area contributed by atoms with Crippen molar-refractivity contribution in [3.8, 4) is 11.3 Å². The fourth-order valence-electron chi connectivity index (χ4n) is 4.64. The van der Waals surface area contributed by atoms with Crippen molar-refractivity contribution >= 4 is 23.5 Å². The average molecular weight is 464 g/mol. The molecule has 0 radical (unpaired) electrons. The Balaban J connectivity index is 1.38. The minimum Gasteiger partial charge on any atom is -0.338 e. The molecule has 170 valence electrons. The quantitative estimate of drug-likeness (QED) is 0.624. The largest absolute Gasteiger partial charge is 0.338 e. The minimum atomic E-state index is -0.0245. The maximum atomic E-state index is 13.6. The van der Waals surface area contributed by atoms with Gasteiger partial charge in [0, 0.05) is 49.0 Å². The molecule has 0 aliphatic carbocycles. The molecule has 2 fully saturated rings. The highest BCUT2D eigenvalue weighted by Crippen LogP contribution is 2.27. The second-order valence-electron chi connectivity index (χ2n) is 8.53. The molecular formula is C25H26ClN5O2. The van der Waals surface area contributed by atoms with Gasteiger partial charge in [0.05, 0.1) is 12.1 Å². The number of nitrogens with one attached hydrogen (secondary N) is 1. The van der Waals surface area contributed by atoms with E-state index in [-0.39, 0.29) is 18.0 Å². The standard InChI is InChI=1S/C25H26ClN5O2/c26-20-8-6-19(7-9-20)23-22(17-30(28-23)16-18-4-2-1-3-5-18)24(32)29-13-10-21(11-14-29)31-15-12-27-25(31)33/h1-9,17,21H,10-16H2,(H,27,33). The number of nitrogens with zero attached hydrogens (tertiary/aromatic N) is 4. The van der Waals surface area contributed by atoms with Gasteiger partial charge in [0.25, 0.3) is 5.91 Å². The fourth-order valence-corrected chi connectivity index (χ4v) is 4.76. The topological polar surface area (TPSA) is 70.5 Å². The highest BCUT2D eigenvalue weighted by atomic mass is 35.5. The molecule has 3 aromatic rings. The summed E-state index contributed by atoms with van der Waals surface area (Å²) >= 11 is 6.08. The second-order valence-corrected chi connectivity index (χ2v) is 8.97. The zero-order valence-electron chi connectivity index (χ0n) is 18.3. The van der Waals surface area contributed by atoms with Crippen molar-refractivity contribution < 1.29 is 9.59 Å². The smallest absolute Gasteiger partial charge is 0.317 e. The number of benzene rings is 2. The van der Waals surface area contributed by atoms with Crippen LogP contribution in [0.1, 0.15) is 28.8 Å². The zero-order chi connectivity index (χ0) is 22.8. The molecular weight excluding hydrogens is 438 g/mol. The summed E-state index contributed by atoms with van der Waals surface area (Å²) in [5, 5.41) is 8.28. The molecule has 3 heterocycles. The first-order chi connectivity index (χ1) is 16.1. The van der Waals surface area contributed by atoms with Crippen molar-refractivity contribution in [1.29, 1.82) is 0 Å². The third kappa shape index (κ3) is 4.59. The molecule has 5 rings (SSSR count). The predicted molar refractivity (Wildman–Crippen MR) is 127 cm³/mol. The summed E-state index contributed by atoms with van der Waals surface area (Å²) < 4.78 is 1.83. The van der Waals surface area contributed by atoms with Gasteiger partial charge in [0.1, 0.15) is 5.69 Å². The highest BCUT2D eigenvalue weighted by molar-refractivity contribution is 6.30. The van der Waals surface area contributed by atoms with Crippen molar-refractivity contribution in [2.45, 2.75) is 25.4 Å². The van der Waals surface area contributed by atoms with E-state index in [0.29, 0.717) is 42.5 Å². The lowest BCUT2D eigenvalue weighted by atomic mass is 10.0. The summed E-state index contributed by atoms with van der Waals surface area (Å²) in [5.74, 6) is -0.0245. The Morgan fingerprint density at radius 3 is 2.42 bits per heavy atom. The van der Waals surface area contributed by atoms with Gasteiger partial charge in [-0.05, 0) is 30.5 Å². The summed E-state index contributed by atoms with van der Waals surface area (Å²) in [4.78, 5) is 29.4. The van der Waals surface area contributed by atoms with Gasteiger partial charge in [-0.15, -0.1) is 0 Å². The molecule has 0 bridgehead atoms. The maximum Gasteiger partial charge on any atom is 0.317 e. The summed E-state index contributed by atoms with van der Waals surface area (Å²) in [5.41, 5.74) is 3.23. The van der Waals surface area contributed by atoms with Gasteiger partial charge in [-0.1, -0.05) is 54.1 Å². The Labute approximate surface area is 197 Å². The number of carbonyl (C=O) groups excluding carboxylic acids is 2. The van der Waals surface area contributed by atoms with Crippen molar-refractivity contribution in [2.75, 3.05) is 26.2 Å². The number of hydrogen-bond acceptors (Lipinski definition) is 3. The number of halogens is 1. The lowest BCUT2D eigenvalue weighted by Gasteiger charge is -2.36. The number of piperidine rings is 1. The first-order valence-electron chi connectivity index (χ1n) is 11.3. The Bertz CT molecular complexity index is 1140. The number of rotatable bonds is 5. The van der Waals surface area contributed by atoms with Gasteiger partial charge in [-0.3, -0.25) is 9.48 Å². The van der Waals surface area contributed by atoms with E-state index in [9.17, 15) is 9.59 Å². The molecule has 3 amide bonds. The van der Waals surface area contributed by atoms with E-state index in [0.717, 1.165) is 30.5 Å². The second kappa shape index (κ2) is 9.27. The molecule has 2 aromatic carbocycles. The van der Waals surface area contributed by atoms with Gasteiger partial charge < -0.3 is 15.1 Å². The molecule has 8 heteroatoms. The van der Waals surface area contributed by atoms with E-state index >= 15 is 0 Å². The lowest BCUT2D eigenvalue weighted by molar-refractivity contribution is 0.0667. The predicted octanol–water partition coefficient (Wildman–Crippen LogP) is 3.88. The van der Waals surface area contributed by atoms with Crippen LogP contribution in [0.4, 0.5) is 4.79 Å². The maximum absolute atomic E-state index is 13.6. The molecule has 1 aromatic heterocycles. The van der Waals surface area contributed by atoms with Gasteiger partial charge in [-0.2, -0.15) is 5.10 Å². The molecule has 2 saturated heterocycles. The molecule has 0 atom stereocenters. The van der Waals surface area contributed by atoms with Crippen LogP contribution in [0, 0.1) is 0 Å². The van der Waals surface area contributed by atoms with Gasteiger partial charge in [0.15, 0.2) is 0 Å². The molecule has 0 saturated carbocycles. The van der Waals surface area contributed by atoms with Crippen LogP contribution in [0.15, 0.2) is 60.8 Å². The number of aromatic nitrogens is 2. The summed E-state index contributed by atoms with van der Waals surface area (Å²) in [6.07, 6.45) is 3.42. The molecule has 0 spiro atoms. The molecule has 7 nitrogen and oxygen atoms in total. The summed E-state index contributed by atoms with van der Waals surface area (Å²) in [7, 11) is 0. The van der Waals surface area contributed by atoms with Gasteiger partial charge >= 0.3 is 6.03 Å². The summed E-state index contributed by atoms with van der Waals surface area (Å²) in [6, 6.07) is 17.7. The van der Waals surface area contributed by atoms with E-state index in [1.807, 2.05) is 75.3 Å². The fraction of sp³-hybridized carbons (Fsp3) is 0.320. The zero-order valence-corrected chi connectivity index (χ0v) is 19.0. The molecule has 0 unspecified atom stereocenters. The average Bonchev–Trinajstić information content (AvgIpc) is 3.46. The van der Waals surface area contributed by atoms with Crippen molar-refractivity contribution in [1.82, 2.24) is 24.9 Å². The number of carbonyl (C=O) groups is 2. The Kier molecular flexibility index (Phi) is 6.05. The van der Waals surface area contributed by atoms with Crippen LogP contribution in [0.2, 0.25) is 5.02 Å². The first kappa shape index (κ1) is 21.5. The van der Waals surface area contributed by atoms with Crippen LogP contribution >= 0.6 is 11.6 Å². The molecule has 33 heavy (non-hydrogen) atoms. The van der Waals surface area contributed by atoms with Crippen LogP contribution in [-0.2, 0) is 6.54 Å². The van der Waals surface area contributed by atoms with E-state index in [1.165, 1.54) is 0 Å². The summed E-state index contributed by atoms with van der Waals surface area (Å²) in [6.45, 7) is 3.27. The minimum absolute atomic E-state index is 0.00647. The van der Waals surface area contributed by atoms with Gasteiger partial charge in [-0.25, -0.2) is 4.79 Å². The van der Waals surface area contributed by atoms with Crippen LogP contribution < -0.4 is 5.32 Å². The van der Waals surface area contributed by atoms with Crippen LogP contribution in [0.3, 0.4) is 0 Å². The highest BCUT2D eigenvalue weighted by Gasteiger charge is 2.33.